The van der Waals surface area contributed by atoms with Crippen LogP contribution in [0.2, 0.25) is 0 Å². The minimum atomic E-state index is -0.492. The highest BCUT2D eigenvalue weighted by molar-refractivity contribution is 5.95. The highest BCUT2D eigenvalue weighted by atomic mass is 19.1. The number of nitrogens with one attached hydrogen (secondary N) is 1. The van der Waals surface area contributed by atoms with Gasteiger partial charge in [-0.3, -0.25) is 14.9 Å². The van der Waals surface area contributed by atoms with Crippen molar-refractivity contribution in [2.24, 2.45) is 7.05 Å². The molecule has 7 nitrogen and oxygen atoms in total. The van der Waals surface area contributed by atoms with Crippen LogP contribution in [0.5, 0.6) is 0 Å². The Bertz CT molecular complexity index is 805. The van der Waals surface area contributed by atoms with Gasteiger partial charge in [0.15, 0.2) is 0 Å². The van der Waals surface area contributed by atoms with E-state index in [1.165, 1.54) is 24.1 Å². The first-order chi connectivity index (χ1) is 12.0. The van der Waals surface area contributed by atoms with Crippen molar-refractivity contribution in [3.05, 3.63) is 24.0 Å². The lowest BCUT2D eigenvalue weighted by Gasteiger charge is -2.22. The number of amides is 2. The molecule has 0 spiro atoms. The largest absolute Gasteiger partial charge is 0.372 e. The molecule has 8 heteroatoms. The molecule has 2 heterocycles. The molecule has 1 unspecified atom stereocenters. The van der Waals surface area contributed by atoms with Gasteiger partial charge in [-0.15, -0.1) is 0 Å². The molecule has 0 radical (unpaired) electrons. The number of carbonyl (C=O) groups is 2. The average molecular weight is 348 g/mol. The molecule has 2 amide bonds. The van der Waals surface area contributed by atoms with E-state index in [4.69, 9.17) is 4.74 Å². The lowest BCUT2D eigenvalue weighted by molar-refractivity contribution is -0.143. The number of anilines is 1. The van der Waals surface area contributed by atoms with Crippen LogP contribution in [-0.2, 0) is 21.4 Å². The van der Waals surface area contributed by atoms with E-state index in [-0.39, 0.29) is 24.2 Å². The summed E-state index contributed by atoms with van der Waals surface area (Å²) >= 11 is 0. The maximum absolute atomic E-state index is 13.3. The molecule has 0 saturated carbocycles. The van der Waals surface area contributed by atoms with Gasteiger partial charge in [0.05, 0.1) is 11.0 Å². The van der Waals surface area contributed by atoms with E-state index in [1.54, 1.807) is 17.7 Å². The quantitative estimate of drug-likeness (QED) is 0.912. The summed E-state index contributed by atoms with van der Waals surface area (Å²) in [4.78, 5) is 30.5. The third-order valence-electron chi connectivity index (χ3n) is 4.44. The predicted molar refractivity (Wildman–Crippen MR) is 90.5 cm³/mol. The summed E-state index contributed by atoms with van der Waals surface area (Å²) in [5, 5.41) is 2.70. The van der Waals surface area contributed by atoms with Gasteiger partial charge in [0, 0.05) is 26.8 Å². The maximum Gasteiger partial charge on any atom is 0.252 e. The first kappa shape index (κ1) is 17.3. The SMILES string of the molecule is COC1CCCCN(CC(=O)Nc2nc3cc(F)ccc3n2C)C1=O. The van der Waals surface area contributed by atoms with Crippen LogP contribution < -0.4 is 5.32 Å². The van der Waals surface area contributed by atoms with E-state index in [2.05, 4.69) is 10.3 Å². The Morgan fingerprint density at radius 2 is 2.24 bits per heavy atom. The number of benzene rings is 1. The first-order valence-electron chi connectivity index (χ1n) is 8.23. The molecule has 1 fully saturated rings. The second-order valence-electron chi connectivity index (χ2n) is 6.16. The Morgan fingerprint density at radius 3 is 3.00 bits per heavy atom. The maximum atomic E-state index is 13.3. The molecular formula is C17H21FN4O3. The molecule has 1 aromatic carbocycles. The summed E-state index contributed by atoms with van der Waals surface area (Å²) in [6.45, 7) is 0.468. The van der Waals surface area contributed by atoms with Gasteiger partial charge >= 0.3 is 0 Å². The second kappa shape index (κ2) is 7.18. The van der Waals surface area contributed by atoms with Crippen molar-refractivity contribution < 1.29 is 18.7 Å². The lowest BCUT2D eigenvalue weighted by Crippen LogP contribution is -2.43. The molecular weight excluding hydrogens is 327 g/mol. The second-order valence-corrected chi connectivity index (χ2v) is 6.16. The van der Waals surface area contributed by atoms with Gasteiger partial charge in [0.1, 0.15) is 18.5 Å². The number of aryl methyl sites for hydroxylation is 1. The van der Waals surface area contributed by atoms with Gasteiger partial charge in [0.25, 0.3) is 5.91 Å². The van der Waals surface area contributed by atoms with Crippen LogP contribution in [0.25, 0.3) is 11.0 Å². The van der Waals surface area contributed by atoms with Crippen LogP contribution in [-0.4, -0.2) is 52.6 Å². The first-order valence-corrected chi connectivity index (χ1v) is 8.23. The number of rotatable bonds is 4. The molecule has 1 saturated heterocycles. The summed E-state index contributed by atoms with van der Waals surface area (Å²) in [7, 11) is 3.24. The van der Waals surface area contributed by atoms with Crippen molar-refractivity contribution in [1.82, 2.24) is 14.5 Å². The molecule has 1 N–H and O–H groups in total. The van der Waals surface area contributed by atoms with Gasteiger partial charge in [-0.2, -0.15) is 0 Å². The highest BCUT2D eigenvalue weighted by Gasteiger charge is 2.28. The van der Waals surface area contributed by atoms with Crippen LogP contribution in [0.15, 0.2) is 18.2 Å². The monoisotopic (exact) mass is 348 g/mol. The fourth-order valence-corrected chi connectivity index (χ4v) is 3.07. The van der Waals surface area contributed by atoms with Gasteiger partial charge in [0.2, 0.25) is 11.9 Å². The Balaban J connectivity index is 1.72. The number of aromatic nitrogens is 2. The summed E-state index contributed by atoms with van der Waals surface area (Å²) in [6, 6.07) is 4.26. The summed E-state index contributed by atoms with van der Waals surface area (Å²) in [6.07, 6.45) is 1.90. The number of carbonyl (C=O) groups excluding carboxylic acids is 2. The third kappa shape index (κ3) is 3.63. The minimum absolute atomic E-state index is 0.0593. The van der Waals surface area contributed by atoms with Crippen LogP contribution in [0, 0.1) is 5.82 Å². The molecule has 0 bridgehead atoms. The number of nitrogens with zero attached hydrogens (tertiary/aromatic N) is 3. The van der Waals surface area contributed by atoms with Crippen LogP contribution >= 0.6 is 0 Å². The van der Waals surface area contributed by atoms with Gasteiger partial charge in [-0.1, -0.05) is 0 Å². The average Bonchev–Trinajstić information content (AvgIpc) is 2.76. The summed E-state index contributed by atoms with van der Waals surface area (Å²) < 4.78 is 20.2. The van der Waals surface area contributed by atoms with Crippen LogP contribution in [0.3, 0.4) is 0 Å². The van der Waals surface area contributed by atoms with Crippen molar-refractivity contribution in [2.75, 3.05) is 25.5 Å². The minimum Gasteiger partial charge on any atom is -0.372 e. The smallest absolute Gasteiger partial charge is 0.252 e. The van der Waals surface area contributed by atoms with E-state index in [0.717, 1.165) is 12.8 Å². The summed E-state index contributed by atoms with van der Waals surface area (Å²) in [5.41, 5.74) is 1.17. The molecule has 134 valence electrons. The van der Waals surface area contributed by atoms with Crippen LogP contribution in [0.4, 0.5) is 10.3 Å². The Morgan fingerprint density at radius 1 is 1.44 bits per heavy atom. The van der Waals surface area contributed by atoms with E-state index < -0.39 is 6.10 Å². The number of halogens is 1. The van der Waals surface area contributed by atoms with Crippen molar-refractivity contribution in [3.8, 4) is 0 Å². The molecule has 1 atom stereocenters. The van der Waals surface area contributed by atoms with E-state index in [9.17, 15) is 14.0 Å². The van der Waals surface area contributed by atoms with Crippen molar-refractivity contribution in [1.29, 1.82) is 0 Å². The summed E-state index contributed by atoms with van der Waals surface area (Å²) in [5.74, 6) is -0.577. The van der Waals surface area contributed by atoms with Gasteiger partial charge in [-0.25, -0.2) is 9.37 Å². The van der Waals surface area contributed by atoms with E-state index >= 15 is 0 Å². The fraction of sp³-hybridized carbons (Fsp3) is 0.471. The zero-order chi connectivity index (χ0) is 18.0. The van der Waals surface area contributed by atoms with E-state index in [1.807, 2.05) is 0 Å². The molecule has 2 aromatic rings. The third-order valence-corrected chi connectivity index (χ3v) is 4.44. The van der Waals surface area contributed by atoms with Crippen molar-refractivity contribution in [3.63, 3.8) is 0 Å². The topological polar surface area (TPSA) is 76.5 Å². The Hall–Kier alpha value is -2.48. The van der Waals surface area contributed by atoms with Gasteiger partial charge < -0.3 is 14.2 Å². The number of hydrogen-bond donors (Lipinski definition) is 1. The standard InChI is InChI=1S/C17H21FN4O3/c1-21-13-7-6-11(18)9-12(13)19-17(21)20-15(23)10-22-8-4-3-5-14(25-2)16(22)24/h6-7,9,14H,3-5,8,10H2,1-2H3,(H,19,20,23). The zero-order valence-corrected chi connectivity index (χ0v) is 14.3. The number of likely N-dealkylation sites (tertiary alicyclic amines) is 1. The van der Waals surface area contributed by atoms with Crippen molar-refractivity contribution >= 4 is 28.8 Å². The molecule has 1 aliphatic rings. The Labute approximate surface area is 144 Å². The number of fused-ring (bicyclic) bond motifs is 1. The van der Waals surface area contributed by atoms with Crippen molar-refractivity contribution in [2.45, 2.75) is 25.4 Å². The molecule has 25 heavy (non-hydrogen) atoms. The fourth-order valence-electron chi connectivity index (χ4n) is 3.07. The lowest BCUT2D eigenvalue weighted by atomic mass is 10.2. The Kier molecular flexibility index (Phi) is 4.98. The van der Waals surface area contributed by atoms with Gasteiger partial charge in [-0.05, 0) is 31.4 Å². The number of ether oxygens (including phenoxy) is 1. The predicted octanol–water partition coefficient (Wildman–Crippen LogP) is 1.68. The number of imidazole rings is 1. The number of methoxy groups -OCH3 is 1. The van der Waals surface area contributed by atoms with Crippen LogP contribution in [0.1, 0.15) is 19.3 Å². The molecule has 3 rings (SSSR count). The van der Waals surface area contributed by atoms with E-state index in [0.29, 0.717) is 29.9 Å². The normalized spacial score (nSPS) is 18.4. The molecule has 1 aromatic heterocycles. The number of hydrogen-bond acceptors (Lipinski definition) is 4. The highest BCUT2D eigenvalue weighted by Crippen LogP contribution is 2.19. The zero-order valence-electron chi connectivity index (χ0n) is 14.3. The molecule has 1 aliphatic heterocycles. The molecule has 0 aliphatic carbocycles.